The van der Waals surface area contributed by atoms with Crippen molar-refractivity contribution in [2.45, 2.75) is 20.3 Å². The monoisotopic (exact) mass is 237 g/mol. The van der Waals surface area contributed by atoms with Crippen molar-refractivity contribution in [1.29, 1.82) is 0 Å². The number of rotatable bonds is 3. The zero-order chi connectivity index (χ0) is 13.3. The summed E-state index contributed by atoms with van der Waals surface area (Å²) in [5.41, 5.74) is 6.06. The molecular weight excluding hydrogens is 218 g/mol. The van der Waals surface area contributed by atoms with Gasteiger partial charge in [0.05, 0.1) is 0 Å². The van der Waals surface area contributed by atoms with Crippen molar-refractivity contribution < 1.29 is 15.0 Å². The fraction of sp³-hybridized carbons (Fsp3) is 0.308. The molecule has 1 aromatic carbocycles. The van der Waals surface area contributed by atoms with Crippen LogP contribution < -0.4 is 5.73 Å². The summed E-state index contributed by atoms with van der Waals surface area (Å²) in [5.74, 6) is -0.766. The molecule has 0 aliphatic rings. The lowest BCUT2D eigenvalue weighted by Gasteiger charge is -1.95. The number of benzene rings is 1. The van der Waals surface area contributed by atoms with Crippen molar-refractivity contribution in [2.75, 3.05) is 6.54 Å². The lowest BCUT2D eigenvalue weighted by molar-refractivity contribution is -0.132. The predicted molar refractivity (Wildman–Crippen MR) is 68.7 cm³/mol. The number of aliphatic carboxylic acids is 1. The summed E-state index contributed by atoms with van der Waals surface area (Å²) >= 11 is 0. The second-order valence-electron chi connectivity index (χ2n) is 3.51. The third-order valence-corrected chi connectivity index (χ3v) is 1.90. The average molecular weight is 237 g/mol. The van der Waals surface area contributed by atoms with Gasteiger partial charge in [0.1, 0.15) is 5.75 Å². The fourth-order valence-corrected chi connectivity index (χ4v) is 0.882. The van der Waals surface area contributed by atoms with E-state index in [0.717, 1.165) is 18.5 Å². The molecule has 0 aliphatic carbocycles. The van der Waals surface area contributed by atoms with Crippen LogP contribution in [-0.4, -0.2) is 22.7 Å². The van der Waals surface area contributed by atoms with E-state index in [1.165, 1.54) is 19.1 Å². The van der Waals surface area contributed by atoms with Crippen molar-refractivity contribution >= 4 is 12.0 Å². The van der Waals surface area contributed by atoms with Crippen molar-refractivity contribution in [3.63, 3.8) is 0 Å². The molecule has 0 saturated carbocycles. The molecule has 0 bridgehead atoms. The molecule has 94 valence electrons. The van der Waals surface area contributed by atoms with Gasteiger partial charge in [0.25, 0.3) is 0 Å². The summed E-state index contributed by atoms with van der Waals surface area (Å²) in [6.45, 7) is 4.40. The van der Waals surface area contributed by atoms with Gasteiger partial charge >= 0.3 is 5.97 Å². The highest BCUT2D eigenvalue weighted by Crippen LogP contribution is 2.12. The van der Waals surface area contributed by atoms with Gasteiger partial charge in [-0.05, 0) is 43.7 Å². The molecule has 0 aromatic heterocycles. The maximum absolute atomic E-state index is 10.5. The number of carboxylic acids is 1. The summed E-state index contributed by atoms with van der Waals surface area (Å²) in [6.07, 6.45) is 2.64. The first-order valence-corrected chi connectivity index (χ1v) is 5.42. The Bertz CT molecular complexity index is 367. The minimum absolute atomic E-state index is 0.171. The van der Waals surface area contributed by atoms with E-state index in [9.17, 15) is 4.79 Å². The molecule has 0 fully saturated rings. The topological polar surface area (TPSA) is 83.5 Å². The summed E-state index contributed by atoms with van der Waals surface area (Å²) in [4.78, 5) is 10.5. The number of hydrogen-bond acceptors (Lipinski definition) is 3. The highest BCUT2D eigenvalue weighted by molar-refractivity contribution is 5.91. The van der Waals surface area contributed by atoms with E-state index in [1.807, 2.05) is 0 Å². The van der Waals surface area contributed by atoms with Gasteiger partial charge in [0, 0.05) is 5.57 Å². The lowest BCUT2D eigenvalue weighted by atomic mass is 10.1. The molecule has 0 amide bonds. The molecule has 0 spiro atoms. The first kappa shape index (κ1) is 15.2. The highest BCUT2D eigenvalue weighted by atomic mass is 16.4. The van der Waals surface area contributed by atoms with Gasteiger partial charge < -0.3 is 15.9 Å². The molecule has 4 N–H and O–H groups in total. The third-order valence-electron chi connectivity index (χ3n) is 1.90. The van der Waals surface area contributed by atoms with Crippen molar-refractivity contribution in [1.82, 2.24) is 0 Å². The van der Waals surface area contributed by atoms with E-state index >= 15 is 0 Å². The molecule has 0 saturated heterocycles. The number of phenolic OH excluding ortho intramolecular Hbond substituents is 1. The second kappa shape index (κ2) is 8.35. The Morgan fingerprint density at radius 1 is 1.35 bits per heavy atom. The van der Waals surface area contributed by atoms with Crippen LogP contribution in [0.1, 0.15) is 25.8 Å². The van der Waals surface area contributed by atoms with E-state index in [-0.39, 0.29) is 11.3 Å². The van der Waals surface area contributed by atoms with Gasteiger partial charge in [-0.15, -0.1) is 0 Å². The second-order valence-corrected chi connectivity index (χ2v) is 3.51. The van der Waals surface area contributed by atoms with Crippen LogP contribution in [0.15, 0.2) is 29.8 Å². The average Bonchev–Trinajstić information content (AvgIpc) is 2.32. The first-order chi connectivity index (χ1) is 8.01. The molecule has 4 heteroatoms. The number of aromatic hydroxyl groups is 1. The van der Waals surface area contributed by atoms with Crippen LogP contribution in [0.3, 0.4) is 0 Å². The first-order valence-electron chi connectivity index (χ1n) is 5.42. The van der Waals surface area contributed by atoms with Crippen LogP contribution in [0, 0.1) is 0 Å². The zero-order valence-corrected chi connectivity index (χ0v) is 10.2. The van der Waals surface area contributed by atoms with Gasteiger partial charge in [-0.25, -0.2) is 4.79 Å². The Kier molecular flexibility index (Phi) is 7.46. The number of hydrogen-bond donors (Lipinski definition) is 3. The molecule has 1 rings (SSSR count). The Morgan fingerprint density at radius 2 is 1.82 bits per heavy atom. The third kappa shape index (κ3) is 7.14. The largest absolute Gasteiger partial charge is 0.508 e. The quantitative estimate of drug-likeness (QED) is 0.704. The summed E-state index contributed by atoms with van der Waals surface area (Å²) < 4.78 is 0. The predicted octanol–water partition coefficient (Wildman–Crippen LogP) is 2.24. The molecule has 0 radical (unpaired) electrons. The maximum Gasteiger partial charge on any atom is 0.331 e. The zero-order valence-electron chi connectivity index (χ0n) is 10.2. The minimum atomic E-state index is -0.937. The Balaban J connectivity index is 0.000000557. The Labute approximate surface area is 101 Å². The normalized spacial score (nSPS) is 10.4. The molecule has 4 nitrogen and oxygen atoms in total. The standard InChI is InChI=1S/C10H10O3.C3H9N/c1-7(10(12)13)6-8-2-4-9(11)5-3-8;1-2-3-4/h2-6,11H,1H3,(H,12,13);2-4H2,1H3. The number of nitrogens with two attached hydrogens (primary N) is 1. The van der Waals surface area contributed by atoms with Crippen LogP contribution in [0.25, 0.3) is 6.08 Å². The van der Waals surface area contributed by atoms with Crippen LogP contribution in [0.5, 0.6) is 5.75 Å². The number of phenols is 1. The van der Waals surface area contributed by atoms with Gasteiger partial charge in [0.2, 0.25) is 0 Å². The molecule has 17 heavy (non-hydrogen) atoms. The van der Waals surface area contributed by atoms with Crippen LogP contribution in [-0.2, 0) is 4.79 Å². The highest BCUT2D eigenvalue weighted by Gasteiger charge is 1.99. The van der Waals surface area contributed by atoms with E-state index in [0.29, 0.717) is 0 Å². The van der Waals surface area contributed by atoms with Crippen LogP contribution in [0.2, 0.25) is 0 Å². The SMILES string of the molecule is CC(=Cc1ccc(O)cc1)C(=O)O.CCCN. The van der Waals surface area contributed by atoms with Crippen LogP contribution >= 0.6 is 0 Å². The fourth-order valence-electron chi connectivity index (χ4n) is 0.882. The van der Waals surface area contributed by atoms with Gasteiger partial charge in [-0.3, -0.25) is 0 Å². The number of carboxylic acid groups (broad SMARTS) is 1. The van der Waals surface area contributed by atoms with E-state index in [4.69, 9.17) is 15.9 Å². The van der Waals surface area contributed by atoms with Gasteiger partial charge in [-0.1, -0.05) is 19.1 Å². The lowest BCUT2D eigenvalue weighted by Crippen LogP contribution is -1.95. The Hall–Kier alpha value is -1.81. The molecule has 0 aliphatic heterocycles. The summed E-state index contributed by atoms with van der Waals surface area (Å²) in [7, 11) is 0. The van der Waals surface area contributed by atoms with Crippen molar-refractivity contribution in [3.05, 3.63) is 35.4 Å². The summed E-state index contributed by atoms with van der Waals surface area (Å²) in [6, 6.07) is 6.34. The van der Waals surface area contributed by atoms with Gasteiger partial charge in [0.15, 0.2) is 0 Å². The molecule has 0 atom stereocenters. The molecule has 0 heterocycles. The smallest absolute Gasteiger partial charge is 0.331 e. The summed E-state index contributed by atoms with van der Waals surface area (Å²) in [5, 5.41) is 17.5. The van der Waals surface area contributed by atoms with Gasteiger partial charge in [-0.2, -0.15) is 0 Å². The molecule has 0 unspecified atom stereocenters. The number of carbonyl (C=O) groups is 1. The maximum atomic E-state index is 10.5. The molecular formula is C13H19NO3. The van der Waals surface area contributed by atoms with E-state index in [1.54, 1.807) is 18.2 Å². The van der Waals surface area contributed by atoms with E-state index in [2.05, 4.69) is 6.92 Å². The molecule has 1 aromatic rings. The van der Waals surface area contributed by atoms with Crippen LogP contribution in [0.4, 0.5) is 0 Å². The minimum Gasteiger partial charge on any atom is -0.508 e. The van der Waals surface area contributed by atoms with Crippen molar-refractivity contribution in [3.8, 4) is 5.75 Å². The van der Waals surface area contributed by atoms with Crippen molar-refractivity contribution in [2.24, 2.45) is 5.73 Å². The van der Waals surface area contributed by atoms with E-state index < -0.39 is 5.97 Å². The Morgan fingerprint density at radius 3 is 2.18 bits per heavy atom.